The highest BCUT2D eigenvalue weighted by atomic mass is 127. The van der Waals surface area contributed by atoms with Crippen LogP contribution in [0.15, 0.2) is 24.3 Å². The lowest BCUT2D eigenvalue weighted by atomic mass is 9.92. The summed E-state index contributed by atoms with van der Waals surface area (Å²) in [7, 11) is 0. The van der Waals surface area contributed by atoms with Crippen molar-refractivity contribution < 1.29 is 9.53 Å². The number of ether oxygens (including phenoxy) is 1. The molecule has 1 aliphatic rings. The Morgan fingerprint density at radius 1 is 1.28 bits per heavy atom. The van der Waals surface area contributed by atoms with E-state index in [2.05, 4.69) is 46.9 Å². The first-order valence-electron chi connectivity index (χ1n) is 6.29. The van der Waals surface area contributed by atoms with Crippen LogP contribution in [0, 0.1) is 3.57 Å². The van der Waals surface area contributed by atoms with Gasteiger partial charge in [-0.05, 0) is 73.9 Å². The van der Waals surface area contributed by atoms with E-state index < -0.39 is 0 Å². The average Bonchev–Trinajstić information content (AvgIpc) is 2.96. The molecule has 2 rings (SSSR count). The van der Waals surface area contributed by atoms with Crippen molar-refractivity contribution in [1.29, 1.82) is 0 Å². The highest BCUT2D eigenvalue weighted by molar-refractivity contribution is 14.1. The van der Waals surface area contributed by atoms with Gasteiger partial charge in [0.25, 0.3) is 0 Å². The smallest absolute Gasteiger partial charge is 0.307 e. The van der Waals surface area contributed by atoms with E-state index >= 15 is 0 Å². The van der Waals surface area contributed by atoms with Gasteiger partial charge in [0.2, 0.25) is 0 Å². The van der Waals surface area contributed by atoms with Crippen LogP contribution in [-0.4, -0.2) is 11.6 Å². The lowest BCUT2D eigenvalue weighted by Gasteiger charge is -2.22. The molecule has 0 aliphatic heterocycles. The molecule has 2 nitrogen and oxygen atoms in total. The van der Waals surface area contributed by atoms with E-state index in [-0.39, 0.29) is 17.0 Å². The molecule has 0 aromatic heterocycles. The third kappa shape index (κ3) is 3.46. The van der Waals surface area contributed by atoms with E-state index in [1.54, 1.807) is 0 Å². The topological polar surface area (TPSA) is 26.3 Å². The fourth-order valence-electron chi connectivity index (χ4n) is 2.18. The molecule has 3 heteroatoms. The third-order valence-electron chi connectivity index (χ3n) is 3.21. The second kappa shape index (κ2) is 4.83. The van der Waals surface area contributed by atoms with Gasteiger partial charge in [0.1, 0.15) is 5.60 Å². The Morgan fingerprint density at radius 3 is 2.28 bits per heavy atom. The minimum atomic E-state index is -0.390. The molecule has 0 heterocycles. The Hall–Kier alpha value is -0.580. The summed E-state index contributed by atoms with van der Waals surface area (Å²) < 4.78 is 6.64. The van der Waals surface area contributed by atoms with Crippen molar-refractivity contribution in [3.8, 4) is 0 Å². The molecule has 98 valence electrons. The maximum Gasteiger partial charge on any atom is 0.307 e. The molecule has 1 aromatic rings. The predicted molar refractivity (Wildman–Crippen MR) is 80.5 cm³/mol. The van der Waals surface area contributed by atoms with Crippen LogP contribution in [0.1, 0.15) is 45.6 Å². The van der Waals surface area contributed by atoms with Crippen LogP contribution in [0.4, 0.5) is 0 Å². The molecular formula is C15H19IO2. The van der Waals surface area contributed by atoms with Gasteiger partial charge in [0, 0.05) is 8.99 Å². The summed E-state index contributed by atoms with van der Waals surface area (Å²) in [6.45, 7) is 5.74. The normalized spacial score (nSPS) is 17.3. The van der Waals surface area contributed by atoms with Crippen molar-refractivity contribution in [3.63, 3.8) is 0 Å². The van der Waals surface area contributed by atoms with Gasteiger partial charge in [0.05, 0.1) is 6.42 Å². The molecule has 0 saturated heterocycles. The molecule has 1 aliphatic carbocycles. The first kappa shape index (κ1) is 13.8. The van der Waals surface area contributed by atoms with Gasteiger partial charge in [-0.25, -0.2) is 0 Å². The van der Waals surface area contributed by atoms with Gasteiger partial charge >= 0.3 is 5.97 Å². The third-order valence-corrected chi connectivity index (χ3v) is 3.93. The number of carbonyl (C=O) groups is 1. The van der Waals surface area contributed by atoms with Gasteiger partial charge in [-0.3, -0.25) is 4.79 Å². The zero-order valence-electron chi connectivity index (χ0n) is 11.1. The Morgan fingerprint density at radius 2 is 1.83 bits per heavy atom. The molecule has 0 N–H and O–H groups in total. The molecule has 1 saturated carbocycles. The maximum atomic E-state index is 11.9. The first-order chi connectivity index (χ1) is 8.31. The fraction of sp³-hybridized carbons (Fsp3) is 0.533. The highest BCUT2D eigenvalue weighted by Crippen LogP contribution is 2.51. The van der Waals surface area contributed by atoms with Gasteiger partial charge in [-0.15, -0.1) is 0 Å². The summed E-state index contributed by atoms with van der Waals surface area (Å²) in [5.41, 5.74) is 0.931. The van der Waals surface area contributed by atoms with E-state index in [0.29, 0.717) is 6.42 Å². The Bertz CT molecular complexity index is 439. The Labute approximate surface area is 122 Å². The van der Waals surface area contributed by atoms with Crippen molar-refractivity contribution in [3.05, 3.63) is 33.4 Å². The zero-order valence-corrected chi connectivity index (χ0v) is 13.3. The molecule has 0 unspecified atom stereocenters. The average molecular weight is 358 g/mol. The van der Waals surface area contributed by atoms with Crippen LogP contribution in [0.2, 0.25) is 0 Å². The van der Waals surface area contributed by atoms with Crippen LogP contribution >= 0.6 is 22.6 Å². The van der Waals surface area contributed by atoms with Gasteiger partial charge in [-0.2, -0.15) is 0 Å². The molecule has 0 atom stereocenters. The summed E-state index contributed by atoms with van der Waals surface area (Å²) in [5, 5.41) is 0. The second-order valence-corrected chi connectivity index (χ2v) is 7.30. The van der Waals surface area contributed by atoms with E-state index in [1.807, 2.05) is 20.8 Å². The highest BCUT2D eigenvalue weighted by Gasteiger charge is 2.46. The van der Waals surface area contributed by atoms with E-state index in [1.165, 1.54) is 9.13 Å². The van der Waals surface area contributed by atoms with Crippen molar-refractivity contribution in [2.45, 2.75) is 51.0 Å². The molecule has 0 radical (unpaired) electrons. The lowest BCUT2D eigenvalue weighted by Crippen LogP contribution is -2.26. The number of hydrogen-bond donors (Lipinski definition) is 0. The van der Waals surface area contributed by atoms with Crippen molar-refractivity contribution in [1.82, 2.24) is 0 Å². The van der Waals surface area contributed by atoms with Crippen molar-refractivity contribution in [2.75, 3.05) is 0 Å². The quantitative estimate of drug-likeness (QED) is 0.602. The molecule has 0 bridgehead atoms. The van der Waals surface area contributed by atoms with E-state index in [9.17, 15) is 4.79 Å². The maximum absolute atomic E-state index is 11.9. The van der Waals surface area contributed by atoms with Crippen LogP contribution < -0.4 is 0 Å². The number of esters is 1. The van der Waals surface area contributed by atoms with Crippen LogP contribution in [0.5, 0.6) is 0 Å². The van der Waals surface area contributed by atoms with Crippen molar-refractivity contribution in [2.24, 2.45) is 0 Å². The van der Waals surface area contributed by atoms with E-state index in [0.717, 1.165) is 12.8 Å². The molecule has 0 spiro atoms. The van der Waals surface area contributed by atoms with E-state index in [4.69, 9.17) is 4.74 Å². The number of halogens is 1. The summed E-state index contributed by atoms with van der Waals surface area (Å²) in [6.07, 6.45) is 2.69. The monoisotopic (exact) mass is 358 g/mol. The van der Waals surface area contributed by atoms with Crippen molar-refractivity contribution >= 4 is 28.6 Å². The number of benzene rings is 1. The molecule has 1 fully saturated rings. The molecular weight excluding hydrogens is 339 g/mol. The van der Waals surface area contributed by atoms with Gasteiger partial charge < -0.3 is 4.74 Å². The van der Waals surface area contributed by atoms with Crippen LogP contribution in [0.25, 0.3) is 0 Å². The predicted octanol–water partition coefficient (Wildman–Crippen LogP) is 4.05. The Balaban J connectivity index is 2.04. The minimum Gasteiger partial charge on any atom is -0.460 e. The van der Waals surface area contributed by atoms with Crippen LogP contribution in [0.3, 0.4) is 0 Å². The summed E-state index contributed by atoms with van der Waals surface area (Å²) >= 11 is 2.30. The summed E-state index contributed by atoms with van der Waals surface area (Å²) in [5.74, 6) is -0.0847. The largest absolute Gasteiger partial charge is 0.460 e. The number of hydrogen-bond acceptors (Lipinski definition) is 2. The number of rotatable bonds is 3. The summed E-state index contributed by atoms with van der Waals surface area (Å²) in [4.78, 5) is 11.9. The van der Waals surface area contributed by atoms with Gasteiger partial charge in [0.15, 0.2) is 0 Å². The Kier molecular flexibility index (Phi) is 3.72. The number of carbonyl (C=O) groups excluding carboxylic acids is 1. The molecule has 0 amide bonds. The van der Waals surface area contributed by atoms with Gasteiger partial charge in [-0.1, -0.05) is 12.1 Å². The molecule has 1 aromatic carbocycles. The minimum absolute atomic E-state index is 0.0483. The standard InChI is InChI=1S/C15H19IO2/c1-14(2,3)18-13(17)10-15(8-9-15)11-4-6-12(16)7-5-11/h4-7H,8-10H2,1-3H3. The SMILES string of the molecule is CC(C)(C)OC(=O)CC1(c2ccc(I)cc2)CC1. The zero-order chi connectivity index (χ0) is 13.4. The fourth-order valence-corrected chi connectivity index (χ4v) is 2.54. The summed E-state index contributed by atoms with van der Waals surface area (Å²) in [6, 6.07) is 8.48. The first-order valence-corrected chi connectivity index (χ1v) is 7.37. The lowest BCUT2D eigenvalue weighted by molar-refractivity contribution is -0.155. The van der Waals surface area contributed by atoms with Crippen LogP contribution in [-0.2, 0) is 14.9 Å². The molecule has 18 heavy (non-hydrogen) atoms. The second-order valence-electron chi connectivity index (χ2n) is 6.05.